The Kier molecular flexibility index (Phi) is 7.14. The summed E-state index contributed by atoms with van der Waals surface area (Å²) in [6.07, 6.45) is 3.25. The first kappa shape index (κ1) is 24.1. The number of aromatic amines is 1. The minimum Gasteiger partial charge on any atom is -0.496 e. The Morgan fingerprint density at radius 3 is 2.35 bits per heavy atom. The number of rotatable bonds is 6. The fourth-order valence-electron chi connectivity index (χ4n) is 5.29. The smallest absolute Gasteiger partial charge is 0.328 e. The number of carbonyl (C=O) groups is 1. The zero-order chi connectivity index (χ0) is 24.4. The van der Waals surface area contributed by atoms with Crippen molar-refractivity contribution >= 4 is 16.8 Å². The van der Waals surface area contributed by atoms with Crippen molar-refractivity contribution in [1.29, 1.82) is 0 Å². The molecule has 1 aromatic heterocycles. The second kappa shape index (κ2) is 10.1. The number of amides is 1. The van der Waals surface area contributed by atoms with E-state index >= 15 is 0 Å². The molecule has 2 aromatic rings. The van der Waals surface area contributed by atoms with Gasteiger partial charge in [-0.3, -0.25) is 14.2 Å². The number of carbonyl (C=O) groups excluding carboxylic acids is 1. The number of ether oxygens (including phenoxy) is 1. The number of H-pyrrole nitrogens is 1. The van der Waals surface area contributed by atoms with E-state index in [1.807, 2.05) is 4.90 Å². The largest absolute Gasteiger partial charge is 0.496 e. The van der Waals surface area contributed by atoms with Gasteiger partial charge >= 0.3 is 5.69 Å². The quantitative estimate of drug-likeness (QED) is 0.704. The van der Waals surface area contributed by atoms with Crippen LogP contribution in [0.3, 0.4) is 0 Å². The molecule has 1 saturated heterocycles. The summed E-state index contributed by atoms with van der Waals surface area (Å²) in [7, 11) is 1.52. The van der Waals surface area contributed by atoms with E-state index in [1.165, 1.54) is 11.7 Å². The molecule has 2 fully saturated rings. The standard InChI is InChI=1S/C26H36N4O4/c1-17(2)18(3)28-12-14-29(15-13-28)24(31)20-10-8-19(9-11-20)16-30-25(32)23-21(27-26(30)33)6-5-7-22(23)34-4/h5-7,17,19-20H,3,8-16H2,1-2,4H3,(H,27,33). The third kappa shape index (κ3) is 4.76. The van der Waals surface area contributed by atoms with Gasteiger partial charge in [0.1, 0.15) is 11.1 Å². The third-order valence-corrected chi connectivity index (χ3v) is 7.49. The molecule has 1 aliphatic heterocycles. The number of aromatic nitrogens is 2. The maximum Gasteiger partial charge on any atom is 0.328 e. The van der Waals surface area contributed by atoms with E-state index in [0.717, 1.165) is 57.6 Å². The van der Waals surface area contributed by atoms with Crippen molar-refractivity contribution in [3.63, 3.8) is 0 Å². The first-order chi connectivity index (χ1) is 16.3. The van der Waals surface area contributed by atoms with Crippen molar-refractivity contribution in [2.24, 2.45) is 17.8 Å². The van der Waals surface area contributed by atoms with Crippen LogP contribution in [0.1, 0.15) is 39.5 Å². The molecule has 4 rings (SSSR count). The fourth-order valence-corrected chi connectivity index (χ4v) is 5.29. The highest BCUT2D eigenvalue weighted by molar-refractivity contribution is 5.84. The van der Waals surface area contributed by atoms with E-state index in [2.05, 4.69) is 30.3 Å². The third-order valence-electron chi connectivity index (χ3n) is 7.49. The average Bonchev–Trinajstić information content (AvgIpc) is 2.85. The van der Waals surface area contributed by atoms with Crippen LogP contribution in [-0.4, -0.2) is 58.5 Å². The molecule has 2 aliphatic rings. The van der Waals surface area contributed by atoms with Gasteiger partial charge in [0, 0.05) is 44.3 Å². The number of nitrogens with zero attached hydrogens (tertiary/aromatic N) is 3. The lowest BCUT2D eigenvalue weighted by Gasteiger charge is -2.40. The van der Waals surface area contributed by atoms with Gasteiger partial charge in [0.15, 0.2) is 0 Å². The normalized spacial score (nSPS) is 21.2. The van der Waals surface area contributed by atoms with Crippen LogP contribution in [0.2, 0.25) is 0 Å². The van der Waals surface area contributed by atoms with Crippen LogP contribution in [0.25, 0.3) is 10.9 Å². The van der Waals surface area contributed by atoms with Gasteiger partial charge in [-0.1, -0.05) is 26.5 Å². The van der Waals surface area contributed by atoms with E-state index < -0.39 is 5.69 Å². The van der Waals surface area contributed by atoms with Crippen LogP contribution in [0.15, 0.2) is 40.1 Å². The first-order valence-electron chi connectivity index (χ1n) is 12.3. The highest BCUT2D eigenvalue weighted by atomic mass is 16.5. The Hall–Kier alpha value is -3.03. The molecule has 0 bridgehead atoms. The zero-order valence-electron chi connectivity index (χ0n) is 20.5. The number of benzene rings is 1. The maximum absolute atomic E-state index is 13.1. The van der Waals surface area contributed by atoms with Gasteiger partial charge in [-0.2, -0.15) is 0 Å². The number of hydrogen-bond acceptors (Lipinski definition) is 5. The summed E-state index contributed by atoms with van der Waals surface area (Å²) >= 11 is 0. The SMILES string of the molecule is C=C(C(C)C)N1CCN(C(=O)C2CCC(Cn3c(=O)[nH]c4cccc(OC)c4c3=O)CC2)CC1. The van der Waals surface area contributed by atoms with E-state index in [0.29, 0.717) is 29.1 Å². The molecule has 8 nitrogen and oxygen atoms in total. The number of nitrogens with one attached hydrogen (secondary N) is 1. The Balaban J connectivity index is 1.36. The van der Waals surface area contributed by atoms with E-state index in [-0.39, 0.29) is 23.3 Å². The van der Waals surface area contributed by atoms with Crippen molar-refractivity contribution < 1.29 is 9.53 Å². The summed E-state index contributed by atoms with van der Waals surface area (Å²) in [6.45, 7) is 12.0. The molecule has 2 heterocycles. The lowest BCUT2D eigenvalue weighted by molar-refractivity contribution is -0.138. The number of methoxy groups -OCH3 is 1. The van der Waals surface area contributed by atoms with Gasteiger partial charge in [-0.25, -0.2) is 4.79 Å². The molecule has 1 saturated carbocycles. The van der Waals surface area contributed by atoms with Crippen molar-refractivity contribution in [2.45, 2.75) is 46.1 Å². The number of hydrogen-bond donors (Lipinski definition) is 1. The summed E-state index contributed by atoms with van der Waals surface area (Å²) in [5.74, 6) is 1.35. The molecule has 1 aromatic carbocycles. The van der Waals surface area contributed by atoms with Gasteiger partial charge in [0.25, 0.3) is 5.56 Å². The van der Waals surface area contributed by atoms with Gasteiger partial charge in [0.2, 0.25) is 5.91 Å². The molecule has 0 spiro atoms. The van der Waals surface area contributed by atoms with Crippen molar-refractivity contribution in [1.82, 2.24) is 19.4 Å². The lowest BCUT2D eigenvalue weighted by Crippen LogP contribution is -2.50. The van der Waals surface area contributed by atoms with Crippen molar-refractivity contribution in [2.75, 3.05) is 33.3 Å². The van der Waals surface area contributed by atoms with Gasteiger partial charge in [-0.15, -0.1) is 0 Å². The predicted molar refractivity (Wildman–Crippen MR) is 133 cm³/mol. The second-order valence-corrected chi connectivity index (χ2v) is 9.90. The number of allylic oxidation sites excluding steroid dienone is 1. The highest BCUT2D eigenvalue weighted by Gasteiger charge is 2.32. The Morgan fingerprint density at radius 1 is 1.09 bits per heavy atom. The van der Waals surface area contributed by atoms with Crippen molar-refractivity contribution in [3.8, 4) is 5.75 Å². The first-order valence-corrected chi connectivity index (χ1v) is 12.3. The van der Waals surface area contributed by atoms with Crippen LogP contribution in [0.4, 0.5) is 0 Å². The van der Waals surface area contributed by atoms with Crippen LogP contribution >= 0.6 is 0 Å². The molecular weight excluding hydrogens is 432 g/mol. The zero-order valence-corrected chi connectivity index (χ0v) is 20.5. The van der Waals surface area contributed by atoms with E-state index in [1.54, 1.807) is 18.2 Å². The van der Waals surface area contributed by atoms with Crippen LogP contribution in [-0.2, 0) is 11.3 Å². The van der Waals surface area contributed by atoms with Crippen LogP contribution in [0, 0.1) is 17.8 Å². The molecule has 0 atom stereocenters. The van der Waals surface area contributed by atoms with Crippen LogP contribution < -0.4 is 16.0 Å². The van der Waals surface area contributed by atoms with E-state index in [9.17, 15) is 14.4 Å². The summed E-state index contributed by atoms with van der Waals surface area (Å²) in [6, 6.07) is 5.18. The minimum absolute atomic E-state index is 0.0304. The van der Waals surface area contributed by atoms with Gasteiger partial charge in [-0.05, 0) is 49.7 Å². The Morgan fingerprint density at radius 2 is 1.74 bits per heavy atom. The number of fused-ring (bicyclic) bond motifs is 1. The topological polar surface area (TPSA) is 87.6 Å². The summed E-state index contributed by atoms with van der Waals surface area (Å²) in [5, 5.41) is 0.396. The van der Waals surface area contributed by atoms with Gasteiger partial charge < -0.3 is 19.5 Å². The molecule has 1 N–H and O–H groups in total. The van der Waals surface area contributed by atoms with Crippen molar-refractivity contribution in [3.05, 3.63) is 51.3 Å². The summed E-state index contributed by atoms with van der Waals surface area (Å²) in [5.41, 5.74) is 0.904. The predicted octanol–water partition coefficient (Wildman–Crippen LogP) is 2.82. The van der Waals surface area contributed by atoms with Gasteiger partial charge in [0.05, 0.1) is 12.6 Å². The molecule has 184 valence electrons. The summed E-state index contributed by atoms with van der Waals surface area (Å²) < 4.78 is 6.63. The Bertz CT molecular complexity index is 1170. The van der Waals surface area contributed by atoms with E-state index in [4.69, 9.17) is 4.74 Å². The molecule has 34 heavy (non-hydrogen) atoms. The molecule has 8 heteroatoms. The molecule has 1 amide bonds. The molecular formula is C26H36N4O4. The lowest BCUT2D eigenvalue weighted by atomic mass is 9.81. The summed E-state index contributed by atoms with van der Waals surface area (Å²) in [4.78, 5) is 45.9. The highest BCUT2D eigenvalue weighted by Crippen LogP contribution is 2.31. The Labute approximate surface area is 200 Å². The second-order valence-electron chi connectivity index (χ2n) is 9.90. The molecule has 1 aliphatic carbocycles. The monoisotopic (exact) mass is 468 g/mol. The minimum atomic E-state index is -0.398. The molecule has 0 radical (unpaired) electrons. The molecule has 0 unspecified atom stereocenters. The fraction of sp³-hybridized carbons (Fsp3) is 0.577. The maximum atomic E-state index is 13.1. The van der Waals surface area contributed by atoms with Crippen LogP contribution in [0.5, 0.6) is 5.75 Å². The average molecular weight is 469 g/mol. The number of piperazine rings is 1.